The third-order valence-electron chi connectivity index (χ3n) is 3.64. The van der Waals surface area contributed by atoms with E-state index in [4.69, 9.17) is 32.4 Å². The van der Waals surface area contributed by atoms with E-state index in [0.717, 1.165) is 11.3 Å². The van der Waals surface area contributed by atoms with Gasteiger partial charge in [0.2, 0.25) is 5.91 Å². The summed E-state index contributed by atoms with van der Waals surface area (Å²) in [6, 6.07) is 12.3. The first-order valence-electron chi connectivity index (χ1n) is 7.88. The second kappa shape index (κ2) is 8.25. The molecule has 3 rings (SSSR count). The zero-order valence-electron chi connectivity index (χ0n) is 14.0. The van der Waals surface area contributed by atoms with Crippen molar-refractivity contribution in [3.05, 3.63) is 64.6 Å². The van der Waals surface area contributed by atoms with Crippen LogP contribution in [-0.2, 0) is 11.2 Å². The average Bonchev–Trinajstić information content (AvgIpc) is 3.08. The molecule has 0 aliphatic heterocycles. The van der Waals surface area contributed by atoms with Gasteiger partial charge in [-0.05, 0) is 42.5 Å². The lowest BCUT2D eigenvalue weighted by molar-refractivity contribution is -0.116. The Hall–Kier alpha value is -2.50. The van der Waals surface area contributed by atoms with E-state index in [1.54, 1.807) is 31.5 Å². The summed E-state index contributed by atoms with van der Waals surface area (Å²) in [5, 5.41) is 3.68. The van der Waals surface area contributed by atoms with Crippen molar-refractivity contribution in [2.75, 3.05) is 12.4 Å². The molecule has 7 heteroatoms. The van der Waals surface area contributed by atoms with Crippen LogP contribution < -0.4 is 10.1 Å². The highest BCUT2D eigenvalue weighted by atomic mass is 35.5. The van der Waals surface area contributed by atoms with Gasteiger partial charge in [-0.25, -0.2) is 4.98 Å². The Balaban J connectivity index is 1.57. The van der Waals surface area contributed by atoms with Crippen molar-refractivity contribution < 1.29 is 13.9 Å². The molecule has 0 saturated carbocycles. The number of rotatable bonds is 6. The van der Waals surface area contributed by atoms with Gasteiger partial charge >= 0.3 is 0 Å². The smallest absolute Gasteiger partial charge is 0.224 e. The van der Waals surface area contributed by atoms with Gasteiger partial charge in [-0.2, -0.15) is 0 Å². The van der Waals surface area contributed by atoms with Crippen LogP contribution in [0.3, 0.4) is 0 Å². The number of benzene rings is 2. The predicted molar refractivity (Wildman–Crippen MR) is 102 cm³/mol. The number of aryl methyl sites for hydroxylation is 1. The van der Waals surface area contributed by atoms with Crippen molar-refractivity contribution in [3.63, 3.8) is 0 Å². The maximum atomic E-state index is 12.1. The number of nitrogens with zero attached hydrogens (tertiary/aromatic N) is 1. The molecule has 0 aliphatic carbocycles. The molecule has 0 aliphatic rings. The number of carbonyl (C=O) groups excluding carboxylic acids is 1. The van der Waals surface area contributed by atoms with E-state index in [1.165, 1.54) is 0 Å². The van der Waals surface area contributed by atoms with E-state index in [9.17, 15) is 4.79 Å². The van der Waals surface area contributed by atoms with E-state index in [1.807, 2.05) is 24.3 Å². The van der Waals surface area contributed by atoms with Crippen molar-refractivity contribution in [3.8, 4) is 17.1 Å². The Kier molecular flexibility index (Phi) is 5.81. The van der Waals surface area contributed by atoms with Crippen molar-refractivity contribution in [1.29, 1.82) is 0 Å². The van der Waals surface area contributed by atoms with Crippen LogP contribution in [0.15, 0.2) is 53.1 Å². The van der Waals surface area contributed by atoms with Gasteiger partial charge in [-0.3, -0.25) is 4.79 Å². The maximum Gasteiger partial charge on any atom is 0.224 e. The molecular weight excluding hydrogens is 375 g/mol. The minimum Gasteiger partial charge on any atom is -0.497 e. The van der Waals surface area contributed by atoms with Crippen LogP contribution in [0.5, 0.6) is 5.75 Å². The summed E-state index contributed by atoms with van der Waals surface area (Å²) in [5.74, 6) is 1.73. The number of carbonyl (C=O) groups is 1. The number of methoxy groups -OCH3 is 1. The molecule has 0 unspecified atom stereocenters. The number of amides is 1. The van der Waals surface area contributed by atoms with Crippen LogP contribution >= 0.6 is 23.2 Å². The standard InChI is InChI=1S/C19H16Cl2N2O3/c1-25-16-4-2-12(3-5-16)17-11-22-19(26-17)7-6-18(24)23-15-9-13(20)8-14(21)10-15/h2-5,8-11H,6-7H2,1H3,(H,23,24). The molecule has 1 N–H and O–H groups in total. The SMILES string of the molecule is COc1ccc(-c2cnc(CCC(=O)Nc3cc(Cl)cc(Cl)c3)o2)cc1. The van der Waals surface area contributed by atoms with Crippen molar-refractivity contribution in [1.82, 2.24) is 4.98 Å². The summed E-state index contributed by atoms with van der Waals surface area (Å²) in [7, 11) is 1.62. The van der Waals surface area contributed by atoms with Gasteiger partial charge in [0, 0.05) is 34.1 Å². The van der Waals surface area contributed by atoms with Crippen molar-refractivity contribution in [2.24, 2.45) is 0 Å². The van der Waals surface area contributed by atoms with Gasteiger partial charge in [0.1, 0.15) is 5.75 Å². The number of oxazole rings is 1. The number of anilines is 1. The first-order valence-corrected chi connectivity index (χ1v) is 8.64. The molecule has 3 aromatic rings. The van der Waals surface area contributed by atoms with Crippen LogP contribution in [-0.4, -0.2) is 18.0 Å². The molecule has 0 fully saturated rings. The van der Waals surface area contributed by atoms with Gasteiger partial charge in [0.05, 0.1) is 13.3 Å². The fraction of sp³-hybridized carbons (Fsp3) is 0.158. The Morgan fingerprint density at radius 2 is 1.85 bits per heavy atom. The summed E-state index contributed by atoms with van der Waals surface area (Å²) in [4.78, 5) is 16.3. The molecule has 134 valence electrons. The van der Waals surface area contributed by atoms with E-state index < -0.39 is 0 Å². The summed E-state index contributed by atoms with van der Waals surface area (Å²) in [6.07, 6.45) is 2.26. The lowest BCUT2D eigenvalue weighted by Gasteiger charge is -2.05. The van der Waals surface area contributed by atoms with Gasteiger partial charge in [0.15, 0.2) is 11.7 Å². The third-order valence-corrected chi connectivity index (χ3v) is 4.08. The zero-order chi connectivity index (χ0) is 18.5. The molecule has 0 bridgehead atoms. The highest BCUT2D eigenvalue weighted by molar-refractivity contribution is 6.35. The van der Waals surface area contributed by atoms with Gasteiger partial charge in [-0.15, -0.1) is 0 Å². The van der Waals surface area contributed by atoms with Crippen LogP contribution in [0, 0.1) is 0 Å². The first-order chi connectivity index (χ1) is 12.5. The number of nitrogens with one attached hydrogen (secondary N) is 1. The first kappa shape index (κ1) is 18.3. The molecule has 26 heavy (non-hydrogen) atoms. The van der Waals surface area contributed by atoms with E-state index in [0.29, 0.717) is 33.8 Å². The highest BCUT2D eigenvalue weighted by Crippen LogP contribution is 2.24. The predicted octanol–water partition coefficient (Wildman–Crippen LogP) is 5.23. The second-order valence-corrected chi connectivity index (χ2v) is 6.43. The fourth-order valence-corrected chi connectivity index (χ4v) is 2.91. The number of ether oxygens (including phenoxy) is 1. The van der Waals surface area contributed by atoms with Crippen molar-refractivity contribution >= 4 is 34.8 Å². The second-order valence-electron chi connectivity index (χ2n) is 5.55. The molecule has 1 aromatic heterocycles. The molecule has 0 saturated heterocycles. The van der Waals surface area contributed by atoms with Crippen molar-refractivity contribution in [2.45, 2.75) is 12.8 Å². The molecule has 0 spiro atoms. The van der Waals surface area contributed by atoms with E-state index >= 15 is 0 Å². The Labute approximate surface area is 160 Å². The van der Waals surface area contributed by atoms with Crippen LogP contribution in [0.25, 0.3) is 11.3 Å². The van der Waals surface area contributed by atoms with Crippen LogP contribution in [0.4, 0.5) is 5.69 Å². The average molecular weight is 391 g/mol. The molecule has 0 atom stereocenters. The largest absolute Gasteiger partial charge is 0.497 e. The summed E-state index contributed by atoms with van der Waals surface area (Å²) in [5.41, 5.74) is 1.45. The summed E-state index contributed by atoms with van der Waals surface area (Å²) in [6.45, 7) is 0. The topological polar surface area (TPSA) is 64.4 Å². The van der Waals surface area contributed by atoms with E-state index in [2.05, 4.69) is 10.3 Å². The highest BCUT2D eigenvalue weighted by Gasteiger charge is 2.10. The Morgan fingerprint density at radius 1 is 1.15 bits per heavy atom. The summed E-state index contributed by atoms with van der Waals surface area (Å²) < 4.78 is 10.8. The third kappa shape index (κ3) is 4.77. The number of halogens is 2. The minimum atomic E-state index is -0.174. The molecule has 1 amide bonds. The Morgan fingerprint density at radius 3 is 2.50 bits per heavy atom. The lowest BCUT2D eigenvalue weighted by atomic mass is 10.2. The minimum absolute atomic E-state index is 0.174. The summed E-state index contributed by atoms with van der Waals surface area (Å²) >= 11 is 11.8. The number of hydrogen-bond donors (Lipinski definition) is 1. The number of hydrogen-bond acceptors (Lipinski definition) is 4. The Bertz CT molecular complexity index is 887. The quantitative estimate of drug-likeness (QED) is 0.625. The molecule has 5 nitrogen and oxygen atoms in total. The number of aromatic nitrogens is 1. The zero-order valence-corrected chi connectivity index (χ0v) is 15.5. The molecular formula is C19H16Cl2N2O3. The van der Waals surface area contributed by atoms with Gasteiger partial charge in [0.25, 0.3) is 0 Å². The maximum absolute atomic E-state index is 12.1. The van der Waals surface area contributed by atoms with E-state index in [-0.39, 0.29) is 12.3 Å². The lowest BCUT2D eigenvalue weighted by Crippen LogP contribution is -2.12. The fourth-order valence-electron chi connectivity index (χ4n) is 2.38. The van der Waals surface area contributed by atoms with Gasteiger partial charge < -0.3 is 14.5 Å². The molecule has 2 aromatic carbocycles. The van der Waals surface area contributed by atoms with Crippen LogP contribution in [0.2, 0.25) is 10.0 Å². The monoisotopic (exact) mass is 390 g/mol. The molecule has 1 heterocycles. The molecule has 0 radical (unpaired) electrons. The van der Waals surface area contributed by atoms with Gasteiger partial charge in [-0.1, -0.05) is 23.2 Å². The normalized spacial score (nSPS) is 10.6. The van der Waals surface area contributed by atoms with Crippen LogP contribution in [0.1, 0.15) is 12.3 Å².